The van der Waals surface area contributed by atoms with Gasteiger partial charge in [-0.3, -0.25) is 4.68 Å². The minimum atomic E-state index is 0.971. The van der Waals surface area contributed by atoms with Crippen molar-refractivity contribution in [1.29, 1.82) is 0 Å². The van der Waals surface area contributed by atoms with E-state index in [4.69, 9.17) is 0 Å². The van der Waals surface area contributed by atoms with E-state index in [1.165, 1.54) is 24.1 Å². The molecule has 1 aromatic heterocycles. The Morgan fingerprint density at radius 3 is 2.38 bits per heavy atom. The van der Waals surface area contributed by atoms with Crippen LogP contribution in [0.4, 0.5) is 0 Å². The quantitative estimate of drug-likeness (QED) is 0.581. The number of hydrogen-bond acceptors (Lipinski definition) is 2. The van der Waals surface area contributed by atoms with Crippen molar-refractivity contribution in [2.24, 2.45) is 0 Å². The second-order valence-electron chi connectivity index (χ2n) is 3.45. The Kier molecular flexibility index (Phi) is 3.85. The Morgan fingerprint density at radius 1 is 1.23 bits per heavy atom. The fraction of sp³-hybridized carbons (Fsp3) is 0.700. The van der Waals surface area contributed by atoms with E-state index in [1.807, 2.05) is 0 Å². The lowest BCUT2D eigenvalue weighted by atomic mass is 10.2. The van der Waals surface area contributed by atoms with E-state index in [0.717, 1.165) is 18.0 Å². The van der Waals surface area contributed by atoms with Crippen LogP contribution >= 0.6 is 12.6 Å². The van der Waals surface area contributed by atoms with Crippen LogP contribution in [0.2, 0.25) is 0 Å². The van der Waals surface area contributed by atoms with Crippen molar-refractivity contribution >= 4 is 12.6 Å². The Labute approximate surface area is 85.7 Å². The zero-order valence-electron chi connectivity index (χ0n) is 8.67. The fourth-order valence-corrected chi connectivity index (χ4v) is 1.60. The average Bonchev–Trinajstić information content (AvgIpc) is 2.34. The van der Waals surface area contributed by atoms with E-state index >= 15 is 0 Å². The van der Waals surface area contributed by atoms with Crippen molar-refractivity contribution in [3.05, 3.63) is 17.0 Å². The summed E-state index contributed by atoms with van der Waals surface area (Å²) in [4.78, 5) is 0. The minimum absolute atomic E-state index is 0.971. The highest BCUT2D eigenvalue weighted by atomic mass is 32.1. The van der Waals surface area contributed by atoms with Crippen LogP contribution in [0.25, 0.3) is 0 Å². The molecule has 2 nitrogen and oxygen atoms in total. The molecule has 0 saturated carbocycles. The molecule has 0 saturated heterocycles. The molecule has 0 atom stereocenters. The van der Waals surface area contributed by atoms with Crippen LogP contribution in [0.3, 0.4) is 0 Å². The molecule has 13 heavy (non-hydrogen) atoms. The van der Waals surface area contributed by atoms with Crippen LogP contribution in [0.1, 0.15) is 29.8 Å². The summed E-state index contributed by atoms with van der Waals surface area (Å²) in [5.41, 5.74) is 3.78. The number of nitrogens with zero attached hydrogens (tertiary/aromatic N) is 2. The summed E-state index contributed by atoms with van der Waals surface area (Å²) in [6, 6.07) is 0. The number of aromatic nitrogens is 2. The van der Waals surface area contributed by atoms with E-state index in [9.17, 15) is 0 Å². The van der Waals surface area contributed by atoms with E-state index in [-0.39, 0.29) is 0 Å². The molecule has 0 bridgehead atoms. The van der Waals surface area contributed by atoms with Gasteiger partial charge in [0.15, 0.2) is 0 Å². The van der Waals surface area contributed by atoms with Crippen molar-refractivity contribution in [2.45, 2.75) is 40.2 Å². The van der Waals surface area contributed by atoms with Gasteiger partial charge in [-0.15, -0.1) is 0 Å². The Bertz CT molecular complexity index is 279. The third-order valence-corrected chi connectivity index (χ3v) is 2.84. The molecule has 0 aliphatic rings. The first-order valence-corrected chi connectivity index (χ1v) is 5.41. The average molecular weight is 198 g/mol. The largest absolute Gasteiger partial charge is 0.269 e. The molecule has 3 heteroatoms. The maximum absolute atomic E-state index is 4.47. The van der Waals surface area contributed by atoms with E-state index < -0.39 is 0 Å². The predicted octanol–water partition coefficient (Wildman–Crippen LogP) is 2.52. The molecule has 0 spiro atoms. The van der Waals surface area contributed by atoms with Crippen LogP contribution in [0.15, 0.2) is 0 Å². The van der Waals surface area contributed by atoms with Crippen LogP contribution in [0.5, 0.6) is 0 Å². The first-order valence-electron chi connectivity index (χ1n) is 4.78. The fourth-order valence-electron chi connectivity index (χ4n) is 1.38. The van der Waals surface area contributed by atoms with Crippen molar-refractivity contribution in [3.8, 4) is 0 Å². The van der Waals surface area contributed by atoms with Gasteiger partial charge in [-0.25, -0.2) is 0 Å². The molecule has 1 rings (SSSR count). The molecule has 0 radical (unpaired) electrons. The summed E-state index contributed by atoms with van der Waals surface area (Å²) in [7, 11) is 0. The van der Waals surface area contributed by atoms with Gasteiger partial charge in [0, 0.05) is 12.2 Å². The summed E-state index contributed by atoms with van der Waals surface area (Å²) in [5, 5.41) is 4.47. The highest BCUT2D eigenvalue weighted by molar-refractivity contribution is 7.80. The first-order chi connectivity index (χ1) is 6.16. The van der Waals surface area contributed by atoms with Gasteiger partial charge < -0.3 is 0 Å². The summed E-state index contributed by atoms with van der Waals surface area (Å²) in [6.45, 7) is 7.36. The molecule has 74 valence electrons. The van der Waals surface area contributed by atoms with Gasteiger partial charge >= 0.3 is 0 Å². The number of rotatable bonds is 4. The second-order valence-corrected chi connectivity index (χ2v) is 3.90. The Balaban J connectivity index is 2.61. The molecule has 0 fully saturated rings. The van der Waals surface area contributed by atoms with Gasteiger partial charge in [-0.1, -0.05) is 0 Å². The number of thiol groups is 1. The lowest BCUT2D eigenvalue weighted by Gasteiger charge is -2.02. The van der Waals surface area contributed by atoms with Gasteiger partial charge in [0.1, 0.15) is 0 Å². The Hall–Kier alpha value is -0.440. The molecular formula is C10H18N2S. The van der Waals surface area contributed by atoms with Crippen LogP contribution in [-0.4, -0.2) is 15.5 Å². The minimum Gasteiger partial charge on any atom is -0.269 e. The van der Waals surface area contributed by atoms with Gasteiger partial charge in [-0.05, 0) is 44.9 Å². The van der Waals surface area contributed by atoms with Crippen molar-refractivity contribution < 1.29 is 0 Å². The van der Waals surface area contributed by atoms with E-state index in [2.05, 4.69) is 43.2 Å². The lowest BCUT2D eigenvalue weighted by molar-refractivity contribution is 0.557. The van der Waals surface area contributed by atoms with Gasteiger partial charge in [0.05, 0.1) is 5.69 Å². The zero-order valence-corrected chi connectivity index (χ0v) is 9.56. The van der Waals surface area contributed by atoms with Gasteiger partial charge in [0.2, 0.25) is 0 Å². The predicted molar refractivity (Wildman–Crippen MR) is 59.5 cm³/mol. The van der Waals surface area contributed by atoms with Crippen LogP contribution in [0, 0.1) is 20.8 Å². The monoisotopic (exact) mass is 198 g/mol. The van der Waals surface area contributed by atoms with Gasteiger partial charge in [0.25, 0.3) is 0 Å². The smallest absolute Gasteiger partial charge is 0.0625 e. The Morgan fingerprint density at radius 2 is 1.92 bits per heavy atom. The maximum Gasteiger partial charge on any atom is 0.0625 e. The normalized spacial score (nSPS) is 10.8. The first kappa shape index (κ1) is 10.6. The molecule has 0 N–H and O–H groups in total. The molecule has 0 aliphatic heterocycles. The number of unbranched alkanes of at least 4 members (excludes halogenated alkanes) is 1. The molecule has 0 aromatic carbocycles. The number of aryl methyl sites for hydroxylation is 2. The van der Waals surface area contributed by atoms with Crippen molar-refractivity contribution in [2.75, 3.05) is 5.75 Å². The second kappa shape index (κ2) is 4.70. The summed E-state index contributed by atoms with van der Waals surface area (Å²) in [6.07, 6.45) is 2.34. The zero-order chi connectivity index (χ0) is 9.84. The standard InChI is InChI=1S/C10H18N2S/c1-8-9(2)11-12(10(8)3)6-4-5-7-13/h13H,4-7H2,1-3H3. The summed E-state index contributed by atoms with van der Waals surface area (Å²) >= 11 is 4.19. The molecule has 0 amide bonds. The van der Waals surface area contributed by atoms with Crippen molar-refractivity contribution in [1.82, 2.24) is 9.78 Å². The topological polar surface area (TPSA) is 17.8 Å². The van der Waals surface area contributed by atoms with Gasteiger partial charge in [-0.2, -0.15) is 17.7 Å². The number of hydrogen-bond donors (Lipinski definition) is 1. The van der Waals surface area contributed by atoms with E-state index in [1.54, 1.807) is 0 Å². The third-order valence-electron chi connectivity index (χ3n) is 2.52. The van der Waals surface area contributed by atoms with Crippen LogP contribution < -0.4 is 0 Å². The SMILES string of the molecule is Cc1nn(CCCCS)c(C)c1C. The molecule has 0 aliphatic carbocycles. The lowest BCUT2D eigenvalue weighted by Crippen LogP contribution is -2.02. The highest BCUT2D eigenvalue weighted by Gasteiger charge is 2.05. The maximum atomic E-state index is 4.47. The molecular weight excluding hydrogens is 180 g/mol. The summed E-state index contributed by atoms with van der Waals surface area (Å²) in [5.74, 6) is 0.971. The van der Waals surface area contributed by atoms with E-state index in [0.29, 0.717) is 0 Å². The van der Waals surface area contributed by atoms with Crippen molar-refractivity contribution in [3.63, 3.8) is 0 Å². The molecule has 1 heterocycles. The third kappa shape index (κ3) is 2.50. The highest BCUT2D eigenvalue weighted by Crippen LogP contribution is 2.11. The molecule has 0 unspecified atom stereocenters. The summed E-state index contributed by atoms with van der Waals surface area (Å²) < 4.78 is 2.11. The molecule has 1 aromatic rings. The van der Waals surface area contributed by atoms with Crippen LogP contribution in [-0.2, 0) is 6.54 Å².